The average Bonchev–Trinajstić information content (AvgIpc) is 3.34. The van der Waals surface area contributed by atoms with E-state index in [1.165, 1.54) is 40.1 Å². The first-order valence-electron chi connectivity index (χ1n) is 28.2. The molecule has 0 bridgehead atoms. The number of nitrogens with two attached hydrogens (primary N) is 1. The van der Waals surface area contributed by atoms with Crippen molar-refractivity contribution in [2.45, 2.75) is 160 Å². The molecule has 8 rings (SSSR count). The Morgan fingerprint density at radius 3 is 2.35 bits per heavy atom. The number of β-amino-alcohol motifs (C(OH)–C–C–N with tert-alkyl or cyclic N) is 1. The SMILES string of the molecule is Cc1ncsc1-c1ccc([C@H](C)NC(=O)[C@@H]2C[C@@H](O)CN2C(=O)[C@@H](NC(=O)CCCc2cccc(OCC(CCC(N)=O)NC(=O)[C@@H]3CC[C@@H]4CCCC[C@H](NC(=O)c5cc6cc(C(=O)P(=O)(O)O)ccc6[nH]5)C(=O)N43)c2F)C(C)(C)C)cc1. The molecule has 3 fully saturated rings. The van der Waals surface area contributed by atoms with Gasteiger partial charge in [0.15, 0.2) is 11.6 Å². The van der Waals surface area contributed by atoms with Gasteiger partial charge in [-0.05, 0) is 111 Å². The second-order valence-electron chi connectivity index (χ2n) is 23.1. The predicted molar refractivity (Wildman–Crippen MR) is 310 cm³/mol. The maximum Gasteiger partial charge on any atom is 0.396 e. The van der Waals surface area contributed by atoms with E-state index in [1.807, 2.05) is 38.1 Å². The molecule has 1 unspecified atom stereocenters. The van der Waals surface area contributed by atoms with Crippen molar-refractivity contribution in [3.8, 4) is 16.2 Å². The van der Waals surface area contributed by atoms with Crippen LogP contribution >= 0.6 is 18.9 Å². The minimum atomic E-state index is -5.06. The number of rotatable bonds is 22. The molecular weight excluding hydrogens is 1120 g/mol. The summed E-state index contributed by atoms with van der Waals surface area (Å²) in [6, 6.07) is 11.9. The van der Waals surface area contributed by atoms with Gasteiger partial charge in [-0.25, -0.2) is 9.37 Å². The molecular formula is C59H73FN9O13PS. The van der Waals surface area contributed by atoms with E-state index in [0.29, 0.717) is 43.0 Å². The number of carbonyl (C=O) groups is 8. The summed E-state index contributed by atoms with van der Waals surface area (Å²) in [6.45, 7) is 8.74. The molecule has 3 saturated heterocycles. The standard InChI is InChI=1S/C59H73FN9O13PS/c1-32(34-16-18-36(19-17-34)51-33(2)62-31-84-51)63-55(75)46-28-41(70)29-68(46)57(77)52(59(3,4)5)67-49(72)15-9-11-35-10-8-14-47(50(35)60)82-30-39(21-25-48(61)71)64-54(74)45-24-22-40-12-6-7-13-43(56(76)69(40)45)66-53(73)44-27-38-26-37(20-23-42(38)65-44)58(78)83(79,80)81/h8,10,14,16-20,23,26-27,31-32,39-41,43,45-46,52,65,70H,6-7,9,11-13,15,21-22,24-25,28-30H2,1-5H3,(H2,61,71)(H,63,75)(H,64,74)(H,66,73)(H,67,72)(H2,79,80,81)/t32-,39?,40-,41+,43-,45-,46-,52+/m0/s1. The number of nitrogens with one attached hydrogen (secondary N) is 5. The fourth-order valence-corrected chi connectivity index (χ4v) is 12.6. The number of fused-ring (bicyclic) bond motifs is 2. The summed E-state index contributed by atoms with van der Waals surface area (Å²) in [4.78, 5) is 138. The number of likely N-dealkylation sites (tertiary alicyclic amines) is 1. The minimum Gasteiger partial charge on any atom is -0.488 e. The predicted octanol–water partition coefficient (Wildman–Crippen LogP) is 5.61. The average molecular weight is 1200 g/mol. The Morgan fingerprint density at radius 1 is 0.929 bits per heavy atom. The van der Waals surface area contributed by atoms with Gasteiger partial charge in [-0.2, -0.15) is 0 Å². The van der Waals surface area contributed by atoms with Gasteiger partial charge >= 0.3 is 7.60 Å². The number of nitrogens with zero attached hydrogens (tertiary/aromatic N) is 3. The quantitative estimate of drug-likeness (QED) is 0.0381. The normalized spacial score (nSPS) is 20.2. The Bertz CT molecular complexity index is 3340. The summed E-state index contributed by atoms with van der Waals surface area (Å²) in [5, 5.41) is 22.6. The van der Waals surface area contributed by atoms with Crippen LogP contribution in [0.1, 0.15) is 142 Å². The molecule has 5 heterocycles. The van der Waals surface area contributed by atoms with Crippen LogP contribution in [-0.4, -0.2) is 137 Å². The maximum absolute atomic E-state index is 16.2. The zero-order chi connectivity index (χ0) is 60.8. The van der Waals surface area contributed by atoms with E-state index in [9.17, 15) is 57.8 Å². The number of H-pyrrole nitrogens is 1. The first kappa shape index (κ1) is 62.7. The van der Waals surface area contributed by atoms with E-state index in [4.69, 9.17) is 10.5 Å². The van der Waals surface area contributed by atoms with Crippen LogP contribution in [0.5, 0.6) is 5.75 Å². The lowest BCUT2D eigenvalue weighted by Crippen LogP contribution is -2.57. The van der Waals surface area contributed by atoms with Crippen molar-refractivity contribution in [3.05, 3.63) is 106 Å². The third kappa shape index (κ3) is 15.1. The van der Waals surface area contributed by atoms with Crippen molar-refractivity contribution < 1.29 is 66.9 Å². The number of hydrogen-bond acceptors (Lipinski definition) is 13. The van der Waals surface area contributed by atoms with Gasteiger partial charge in [0.2, 0.25) is 35.4 Å². The Hall–Kier alpha value is -7.37. The lowest BCUT2D eigenvalue weighted by atomic mass is 9.85. The van der Waals surface area contributed by atoms with Crippen molar-refractivity contribution in [1.29, 1.82) is 0 Å². The Morgan fingerprint density at radius 2 is 1.65 bits per heavy atom. The maximum atomic E-state index is 16.2. The molecule has 8 atom stereocenters. The van der Waals surface area contributed by atoms with Gasteiger partial charge in [0.1, 0.15) is 36.5 Å². The highest BCUT2D eigenvalue weighted by molar-refractivity contribution is 7.70. The number of hydrogen-bond donors (Lipinski definition) is 9. The summed E-state index contributed by atoms with van der Waals surface area (Å²) in [6.07, 6.45) is 2.14. The highest BCUT2D eigenvalue weighted by Gasteiger charge is 2.46. The van der Waals surface area contributed by atoms with Crippen LogP contribution in [0.2, 0.25) is 0 Å². The van der Waals surface area contributed by atoms with Crippen LogP contribution in [0.3, 0.4) is 0 Å². The molecule has 2 aromatic heterocycles. The topological polar surface area (TPSA) is 333 Å². The summed E-state index contributed by atoms with van der Waals surface area (Å²) in [7, 11) is -5.06. The van der Waals surface area contributed by atoms with Crippen molar-refractivity contribution in [2.24, 2.45) is 11.1 Å². The number of carbonyl (C=O) groups excluding carboxylic acids is 8. The van der Waals surface area contributed by atoms with Crippen LogP contribution in [0.25, 0.3) is 21.3 Å². The molecule has 3 aliphatic rings. The van der Waals surface area contributed by atoms with Crippen molar-refractivity contribution in [2.75, 3.05) is 13.2 Å². The van der Waals surface area contributed by atoms with Gasteiger partial charge in [-0.3, -0.25) is 42.9 Å². The molecule has 25 heteroatoms. The molecule has 450 valence electrons. The highest BCUT2D eigenvalue weighted by Crippen LogP contribution is 2.40. The third-order valence-corrected chi connectivity index (χ3v) is 17.6. The second-order valence-corrected chi connectivity index (χ2v) is 25.5. The first-order valence-corrected chi connectivity index (χ1v) is 30.7. The number of ether oxygens (including phenoxy) is 1. The highest BCUT2D eigenvalue weighted by atomic mass is 32.1. The number of primary amides is 1. The largest absolute Gasteiger partial charge is 0.488 e. The van der Waals surface area contributed by atoms with E-state index in [2.05, 4.69) is 31.2 Å². The molecule has 0 aliphatic carbocycles. The molecule has 3 aromatic carbocycles. The fraction of sp³-hybridized carbons (Fsp3) is 0.475. The lowest BCUT2D eigenvalue weighted by Gasteiger charge is -2.35. The van der Waals surface area contributed by atoms with Crippen molar-refractivity contribution in [3.63, 3.8) is 0 Å². The van der Waals surface area contributed by atoms with Crippen molar-refractivity contribution >= 4 is 76.7 Å². The molecule has 7 amide bonds. The summed E-state index contributed by atoms with van der Waals surface area (Å²) in [5.74, 6) is -4.61. The number of aromatic nitrogens is 2. The fourth-order valence-electron chi connectivity index (χ4n) is 11.3. The van der Waals surface area contributed by atoms with E-state index in [-0.39, 0.29) is 86.7 Å². The molecule has 10 N–H and O–H groups in total. The number of aliphatic hydroxyl groups is 1. The number of halogens is 1. The Balaban J connectivity index is 0.851. The smallest absolute Gasteiger partial charge is 0.396 e. The number of amides is 7. The molecule has 22 nitrogen and oxygen atoms in total. The van der Waals surface area contributed by atoms with Crippen molar-refractivity contribution in [1.82, 2.24) is 41.0 Å². The molecule has 0 spiro atoms. The zero-order valence-corrected chi connectivity index (χ0v) is 49.2. The number of thiazole rings is 1. The van der Waals surface area contributed by atoms with E-state index < -0.39 is 108 Å². The van der Waals surface area contributed by atoms with Gasteiger partial charge in [0, 0.05) is 48.3 Å². The van der Waals surface area contributed by atoms with Gasteiger partial charge in [-0.15, -0.1) is 11.3 Å². The monoisotopic (exact) mass is 1200 g/mol. The lowest BCUT2D eigenvalue weighted by molar-refractivity contribution is -0.144. The van der Waals surface area contributed by atoms with E-state index >= 15 is 4.39 Å². The van der Waals surface area contributed by atoms with Gasteiger partial charge in [0.25, 0.3) is 11.4 Å². The summed E-state index contributed by atoms with van der Waals surface area (Å²) in [5.41, 5.74) is 8.31. The van der Waals surface area contributed by atoms with Gasteiger partial charge in [0.05, 0.1) is 34.3 Å². The second kappa shape index (κ2) is 26.7. The van der Waals surface area contributed by atoms with E-state index in [0.717, 1.165) is 21.7 Å². The van der Waals surface area contributed by atoms with Crippen LogP contribution in [0.15, 0.2) is 72.2 Å². The van der Waals surface area contributed by atoms with Gasteiger partial charge < -0.3 is 61.4 Å². The number of aryl methyl sites for hydroxylation is 2. The molecule has 84 heavy (non-hydrogen) atoms. The third-order valence-electron chi connectivity index (χ3n) is 15.8. The summed E-state index contributed by atoms with van der Waals surface area (Å²) < 4.78 is 33.7. The van der Waals surface area contributed by atoms with E-state index in [1.54, 1.807) is 49.8 Å². The van der Waals surface area contributed by atoms with Crippen LogP contribution in [0.4, 0.5) is 4.39 Å². The number of benzene rings is 3. The number of aliphatic hydroxyl groups excluding tert-OH is 1. The molecule has 3 aliphatic heterocycles. The Labute approximate surface area is 489 Å². The summed E-state index contributed by atoms with van der Waals surface area (Å²) >= 11 is 1.54. The van der Waals surface area contributed by atoms with Crippen LogP contribution < -0.4 is 31.7 Å². The molecule has 5 aromatic rings. The van der Waals surface area contributed by atoms with Gasteiger partial charge in [-0.1, -0.05) is 70.0 Å². The zero-order valence-electron chi connectivity index (χ0n) is 47.5. The molecule has 0 saturated carbocycles. The minimum absolute atomic E-state index is 0.0180. The molecule has 0 radical (unpaired) electrons. The van der Waals surface area contributed by atoms with Crippen LogP contribution in [0, 0.1) is 18.2 Å². The van der Waals surface area contributed by atoms with Crippen LogP contribution in [-0.2, 0) is 39.8 Å². The Kier molecular flexibility index (Phi) is 19.9. The first-order chi connectivity index (χ1) is 39.8. The number of aromatic amines is 1.